The molecule has 1 atom stereocenters. The summed E-state index contributed by atoms with van der Waals surface area (Å²) in [5, 5.41) is 8.86. The summed E-state index contributed by atoms with van der Waals surface area (Å²) >= 11 is 0. The molecule has 2 N–H and O–H groups in total. The average molecular weight is 313 g/mol. The van der Waals surface area contributed by atoms with Crippen LogP contribution >= 0.6 is 0 Å². The van der Waals surface area contributed by atoms with E-state index in [4.69, 9.17) is 5.11 Å². The Morgan fingerprint density at radius 3 is 2.81 bits per heavy atom. The van der Waals surface area contributed by atoms with Crippen molar-refractivity contribution in [2.24, 2.45) is 0 Å². The van der Waals surface area contributed by atoms with E-state index >= 15 is 0 Å². The van der Waals surface area contributed by atoms with Crippen LogP contribution in [-0.4, -0.2) is 60.7 Å². The minimum absolute atomic E-state index is 0.203. The molecule has 0 spiro atoms. The van der Waals surface area contributed by atoms with Crippen molar-refractivity contribution >= 4 is 21.9 Å². The van der Waals surface area contributed by atoms with Crippen LogP contribution in [0.5, 0.6) is 0 Å². The van der Waals surface area contributed by atoms with Gasteiger partial charge in [-0.05, 0) is 18.6 Å². The van der Waals surface area contributed by atoms with Gasteiger partial charge in [0.15, 0.2) is 0 Å². The van der Waals surface area contributed by atoms with Gasteiger partial charge in [0.2, 0.25) is 10.0 Å². The molecule has 1 saturated heterocycles. The number of carbonyl (C=O) groups excluding carboxylic acids is 1. The Morgan fingerprint density at radius 2 is 2.19 bits per heavy atom. The summed E-state index contributed by atoms with van der Waals surface area (Å²) in [7, 11) is -3.31. The van der Waals surface area contributed by atoms with Crippen LogP contribution in [0.1, 0.15) is 27.3 Å². The van der Waals surface area contributed by atoms with Crippen molar-refractivity contribution in [3.05, 3.63) is 29.6 Å². The topological polar surface area (TPSA) is 117 Å². The molecule has 0 radical (unpaired) electrons. The van der Waals surface area contributed by atoms with Crippen molar-refractivity contribution in [2.45, 2.75) is 12.5 Å². The normalized spacial score (nSPS) is 18.7. The van der Waals surface area contributed by atoms with Crippen molar-refractivity contribution in [1.82, 2.24) is 14.6 Å². The molecule has 2 heterocycles. The zero-order chi connectivity index (χ0) is 15.6. The predicted octanol–water partition coefficient (Wildman–Crippen LogP) is -0.456. The number of nitrogens with zero attached hydrogens (tertiary/aromatic N) is 2. The third-order valence-corrected chi connectivity index (χ3v) is 3.84. The Hall–Kier alpha value is -2.00. The van der Waals surface area contributed by atoms with Gasteiger partial charge >= 0.3 is 5.97 Å². The van der Waals surface area contributed by atoms with E-state index in [2.05, 4.69) is 9.71 Å². The van der Waals surface area contributed by atoms with E-state index in [-0.39, 0.29) is 29.8 Å². The van der Waals surface area contributed by atoms with E-state index in [9.17, 15) is 18.0 Å². The highest BCUT2D eigenvalue weighted by Gasteiger charge is 2.28. The number of nitrogens with one attached hydrogen (secondary N) is 1. The molecule has 0 saturated carbocycles. The van der Waals surface area contributed by atoms with E-state index in [0.717, 1.165) is 6.26 Å². The number of likely N-dealkylation sites (tertiary alicyclic amines) is 1. The quantitative estimate of drug-likeness (QED) is 0.777. The molecule has 1 aliphatic heterocycles. The number of rotatable bonds is 4. The van der Waals surface area contributed by atoms with E-state index in [0.29, 0.717) is 13.0 Å². The lowest BCUT2D eigenvalue weighted by atomic mass is 10.2. The van der Waals surface area contributed by atoms with Crippen LogP contribution in [-0.2, 0) is 10.0 Å². The molecule has 0 aliphatic carbocycles. The number of pyridine rings is 1. The Bertz CT molecular complexity index is 673. The molecule has 2 rings (SSSR count). The van der Waals surface area contributed by atoms with Crippen LogP contribution in [0.3, 0.4) is 0 Å². The highest BCUT2D eigenvalue weighted by Crippen LogP contribution is 2.14. The zero-order valence-corrected chi connectivity index (χ0v) is 12.1. The van der Waals surface area contributed by atoms with E-state index in [1.807, 2.05) is 0 Å². The van der Waals surface area contributed by atoms with Crippen molar-refractivity contribution in [3.63, 3.8) is 0 Å². The number of sulfonamides is 1. The van der Waals surface area contributed by atoms with Crippen LogP contribution in [0, 0.1) is 0 Å². The van der Waals surface area contributed by atoms with Crippen LogP contribution in [0.4, 0.5) is 0 Å². The Morgan fingerprint density at radius 1 is 1.48 bits per heavy atom. The Kier molecular flexibility index (Phi) is 4.24. The molecule has 9 heteroatoms. The maximum Gasteiger partial charge on any atom is 0.354 e. The van der Waals surface area contributed by atoms with Crippen molar-refractivity contribution < 1.29 is 23.1 Å². The monoisotopic (exact) mass is 313 g/mol. The smallest absolute Gasteiger partial charge is 0.354 e. The summed E-state index contributed by atoms with van der Waals surface area (Å²) < 4.78 is 24.8. The van der Waals surface area contributed by atoms with Gasteiger partial charge in [0.25, 0.3) is 5.91 Å². The number of amides is 1. The first-order valence-electron chi connectivity index (χ1n) is 6.22. The first-order chi connectivity index (χ1) is 9.76. The second kappa shape index (κ2) is 5.78. The van der Waals surface area contributed by atoms with Crippen molar-refractivity contribution in [1.29, 1.82) is 0 Å². The fourth-order valence-electron chi connectivity index (χ4n) is 2.21. The number of aromatic carboxylic acids is 1. The maximum absolute atomic E-state index is 12.3. The lowest BCUT2D eigenvalue weighted by Gasteiger charge is -2.16. The molecule has 1 aliphatic rings. The SMILES string of the molecule is CS(=O)(=O)NC1CCN(C(=O)c2ccnc(C(=O)O)c2)C1. The summed E-state index contributed by atoms with van der Waals surface area (Å²) in [6, 6.07) is 2.33. The summed E-state index contributed by atoms with van der Waals surface area (Å²) in [5.74, 6) is -1.54. The average Bonchev–Trinajstić information content (AvgIpc) is 2.84. The number of carbonyl (C=O) groups is 2. The van der Waals surface area contributed by atoms with Gasteiger partial charge in [-0.15, -0.1) is 0 Å². The lowest BCUT2D eigenvalue weighted by molar-refractivity contribution is 0.0690. The number of hydrogen-bond donors (Lipinski definition) is 2. The molecule has 1 unspecified atom stereocenters. The fraction of sp³-hybridized carbons (Fsp3) is 0.417. The van der Waals surface area contributed by atoms with Crippen LogP contribution in [0.25, 0.3) is 0 Å². The van der Waals surface area contributed by atoms with Gasteiger partial charge in [0.1, 0.15) is 5.69 Å². The molecule has 0 bridgehead atoms. The van der Waals surface area contributed by atoms with Gasteiger partial charge in [-0.25, -0.2) is 22.9 Å². The number of aromatic nitrogens is 1. The molecular formula is C12H15N3O5S. The first kappa shape index (κ1) is 15.4. The number of hydrogen-bond acceptors (Lipinski definition) is 5. The molecule has 21 heavy (non-hydrogen) atoms. The molecule has 8 nitrogen and oxygen atoms in total. The molecule has 1 amide bonds. The molecule has 1 fully saturated rings. The van der Waals surface area contributed by atoms with Gasteiger partial charge < -0.3 is 10.0 Å². The number of carboxylic acids is 1. The largest absolute Gasteiger partial charge is 0.477 e. The van der Waals surface area contributed by atoms with Crippen LogP contribution in [0.2, 0.25) is 0 Å². The Balaban J connectivity index is 2.08. The van der Waals surface area contributed by atoms with Gasteiger partial charge in [0, 0.05) is 30.9 Å². The molecule has 1 aromatic rings. The first-order valence-corrected chi connectivity index (χ1v) is 8.11. The Labute approximate surface area is 121 Å². The van der Waals surface area contributed by atoms with Crippen LogP contribution < -0.4 is 4.72 Å². The van der Waals surface area contributed by atoms with Gasteiger partial charge in [-0.2, -0.15) is 0 Å². The third kappa shape index (κ3) is 3.99. The standard InChI is InChI=1S/C12H15N3O5S/c1-21(19,20)14-9-3-5-15(7-9)11(16)8-2-4-13-10(6-8)12(17)18/h2,4,6,9,14H,3,5,7H2,1H3,(H,17,18). The zero-order valence-electron chi connectivity index (χ0n) is 11.3. The highest BCUT2D eigenvalue weighted by atomic mass is 32.2. The third-order valence-electron chi connectivity index (χ3n) is 3.08. The van der Waals surface area contributed by atoms with E-state index in [1.165, 1.54) is 23.2 Å². The fourth-order valence-corrected chi connectivity index (χ4v) is 3.00. The minimum Gasteiger partial charge on any atom is -0.477 e. The van der Waals surface area contributed by atoms with Gasteiger partial charge in [0.05, 0.1) is 6.26 Å². The molecule has 1 aromatic heterocycles. The maximum atomic E-state index is 12.3. The predicted molar refractivity (Wildman–Crippen MR) is 73.5 cm³/mol. The summed E-state index contributed by atoms with van der Waals surface area (Å²) in [6.07, 6.45) is 2.86. The van der Waals surface area contributed by atoms with Crippen LogP contribution in [0.15, 0.2) is 18.3 Å². The summed E-state index contributed by atoms with van der Waals surface area (Å²) in [5.41, 5.74) is 0.0215. The number of carboxylic acid groups (broad SMARTS) is 1. The van der Waals surface area contributed by atoms with Crippen molar-refractivity contribution in [2.75, 3.05) is 19.3 Å². The van der Waals surface area contributed by atoms with Gasteiger partial charge in [-0.1, -0.05) is 0 Å². The summed E-state index contributed by atoms with van der Waals surface area (Å²) in [6.45, 7) is 0.674. The molecular weight excluding hydrogens is 298 g/mol. The second-order valence-corrected chi connectivity index (χ2v) is 6.64. The second-order valence-electron chi connectivity index (χ2n) is 4.86. The highest BCUT2D eigenvalue weighted by molar-refractivity contribution is 7.88. The minimum atomic E-state index is -3.31. The van der Waals surface area contributed by atoms with E-state index < -0.39 is 16.0 Å². The molecule has 114 valence electrons. The molecule has 0 aromatic carbocycles. The summed E-state index contributed by atoms with van der Waals surface area (Å²) in [4.78, 5) is 28.2. The van der Waals surface area contributed by atoms with Crippen molar-refractivity contribution in [3.8, 4) is 0 Å². The lowest BCUT2D eigenvalue weighted by Crippen LogP contribution is -2.37. The van der Waals surface area contributed by atoms with E-state index in [1.54, 1.807) is 0 Å². The van der Waals surface area contributed by atoms with Gasteiger partial charge in [-0.3, -0.25) is 4.79 Å².